The standard InChI is InChI=1S/C22H33N3O2/c1-17-7-5-9-19(15-17)22(27)25-12-6-11-24(13-14-25)16-21(26)23-20-10-4-3-8-18(20)2/h5,7,9,15,18,20H,3-4,6,8,10-14,16H2,1-2H3,(H,23,26). The number of amides is 2. The highest BCUT2D eigenvalue weighted by Crippen LogP contribution is 2.23. The molecule has 1 heterocycles. The summed E-state index contributed by atoms with van der Waals surface area (Å²) in [7, 11) is 0. The van der Waals surface area contributed by atoms with E-state index in [1.807, 2.05) is 36.1 Å². The molecule has 0 radical (unpaired) electrons. The highest BCUT2D eigenvalue weighted by Gasteiger charge is 2.25. The number of carbonyl (C=O) groups excluding carboxylic acids is 2. The van der Waals surface area contributed by atoms with Crippen LogP contribution in [0.4, 0.5) is 0 Å². The van der Waals surface area contributed by atoms with Crippen molar-refractivity contribution in [3.63, 3.8) is 0 Å². The van der Waals surface area contributed by atoms with Crippen molar-refractivity contribution in [2.45, 2.75) is 52.0 Å². The van der Waals surface area contributed by atoms with E-state index >= 15 is 0 Å². The first kappa shape index (κ1) is 19.9. The Hall–Kier alpha value is -1.88. The minimum Gasteiger partial charge on any atom is -0.352 e. The van der Waals surface area contributed by atoms with Gasteiger partial charge in [0.05, 0.1) is 6.54 Å². The smallest absolute Gasteiger partial charge is 0.253 e. The maximum absolute atomic E-state index is 12.8. The van der Waals surface area contributed by atoms with Gasteiger partial charge in [-0.15, -0.1) is 0 Å². The third kappa shape index (κ3) is 5.55. The summed E-state index contributed by atoms with van der Waals surface area (Å²) >= 11 is 0. The second-order valence-electron chi connectivity index (χ2n) is 8.23. The van der Waals surface area contributed by atoms with Crippen molar-refractivity contribution in [2.75, 3.05) is 32.7 Å². The Kier molecular flexibility index (Phi) is 6.89. The van der Waals surface area contributed by atoms with Crippen molar-refractivity contribution in [1.82, 2.24) is 15.1 Å². The van der Waals surface area contributed by atoms with Gasteiger partial charge in [-0.3, -0.25) is 14.5 Å². The van der Waals surface area contributed by atoms with E-state index in [1.165, 1.54) is 19.3 Å². The van der Waals surface area contributed by atoms with Gasteiger partial charge in [-0.05, 0) is 44.2 Å². The molecule has 5 heteroatoms. The molecule has 2 unspecified atom stereocenters. The van der Waals surface area contributed by atoms with Crippen LogP contribution in [0.15, 0.2) is 24.3 Å². The van der Waals surface area contributed by atoms with Gasteiger partial charge in [-0.1, -0.05) is 37.5 Å². The largest absolute Gasteiger partial charge is 0.352 e. The van der Waals surface area contributed by atoms with E-state index in [2.05, 4.69) is 17.1 Å². The molecule has 1 aliphatic heterocycles. The Morgan fingerprint density at radius 1 is 1.07 bits per heavy atom. The lowest BCUT2D eigenvalue weighted by molar-refractivity contribution is -0.123. The van der Waals surface area contributed by atoms with Crippen LogP contribution in [0.2, 0.25) is 0 Å². The van der Waals surface area contributed by atoms with Crippen LogP contribution in [0.25, 0.3) is 0 Å². The highest BCUT2D eigenvalue weighted by atomic mass is 16.2. The zero-order chi connectivity index (χ0) is 19.2. The van der Waals surface area contributed by atoms with Gasteiger partial charge in [-0.2, -0.15) is 0 Å². The van der Waals surface area contributed by atoms with E-state index in [4.69, 9.17) is 0 Å². The van der Waals surface area contributed by atoms with Crippen LogP contribution in [0, 0.1) is 12.8 Å². The summed E-state index contributed by atoms with van der Waals surface area (Å²) in [6.45, 7) is 7.74. The number of rotatable bonds is 4. The van der Waals surface area contributed by atoms with Gasteiger partial charge in [-0.25, -0.2) is 0 Å². The molecule has 1 aromatic carbocycles. The maximum Gasteiger partial charge on any atom is 0.253 e. The molecule has 1 aromatic rings. The summed E-state index contributed by atoms with van der Waals surface area (Å²) in [6.07, 6.45) is 5.72. The number of nitrogens with one attached hydrogen (secondary N) is 1. The number of benzene rings is 1. The van der Waals surface area contributed by atoms with E-state index in [0.717, 1.165) is 43.6 Å². The van der Waals surface area contributed by atoms with Crippen molar-refractivity contribution in [2.24, 2.45) is 5.92 Å². The first-order valence-corrected chi connectivity index (χ1v) is 10.4. The van der Waals surface area contributed by atoms with Crippen LogP contribution in [0.5, 0.6) is 0 Å². The van der Waals surface area contributed by atoms with Crippen LogP contribution in [0.1, 0.15) is 54.9 Å². The summed E-state index contributed by atoms with van der Waals surface area (Å²) in [6, 6.07) is 8.11. The average Bonchev–Trinajstić information content (AvgIpc) is 2.88. The van der Waals surface area contributed by atoms with E-state index in [1.54, 1.807) is 0 Å². The lowest BCUT2D eigenvalue weighted by Gasteiger charge is -2.30. The summed E-state index contributed by atoms with van der Waals surface area (Å²) in [5.41, 5.74) is 1.86. The fourth-order valence-electron chi connectivity index (χ4n) is 4.28. The molecule has 2 fully saturated rings. The number of hydrogen-bond donors (Lipinski definition) is 1. The Labute approximate surface area is 163 Å². The van der Waals surface area contributed by atoms with Gasteiger partial charge in [0.2, 0.25) is 5.91 Å². The van der Waals surface area contributed by atoms with Crippen molar-refractivity contribution in [3.05, 3.63) is 35.4 Å². The second-order valence-corrected chi connectivity index (χ2v) is 8.23. The van der Waals surface area contributed by atoms with Gasteiger partial charge >= 0.3 is 0 Å². The number of hydrogen-bond acceptors (Lipinski definition) is 3. The molecule has 1 N–H and O–H groups in total. The van der Waals surface area contributed by atoms with Gasteiger partial charge in [0.1, 0.15) is 0 Å². The molecule has 2 aliphatic rings. The summed E-state index contributed by atoms with van der Waals surface area (Å²) in [4.78, 5) is 29.4. The molecular formula is C22H33N3O2. The van der Waals surface area contributed by atoms with E-state index in [-0.39, 0.29) is 11.8 Å². The van der Waals surface area contributed by atoms with Gasteiger partial charge in [0.15, 0.2) is 0 Å². The monoisotopic (exact) mass is 371 g/mol. The van der Waals surface area contributed by atoms with E-state index in [9.17, 15) is 9.59 Å². The number of carbonyl (C=O) groups is 2. The number of nitrogens with zero attached hydrogens (tertiary/aromatic N) is 2. The highest BCUT2D eigenvalue weighted by molar-refractivity contribution is 5.94. The molecule has 0 bridgehead atoms. The third-order valence-electron chi connectivity index (χ3n) is 5.97. The van der Waals surface area contributed by atoms with E-state index in [0.29, 0.717) is 25.0 Å². The van der Waals surface area contributed by atoms with E-state index < -0.39 is 0 Å². The van der Waals surface area contributed by atoms with Crippen LogP contribution in [-0.2, 0) is 4.79 Å². The first-order chi connectivity index (χ1) is 13.0. The minimum absolute atomic E-state index is 0.0982. The molecule has 2 atom stereocenters. The second kappa shape index (κ2) is 9.36. The third-order valence-corrected chi connectivity index (χ3v) is 5.97. The SMILES string of the molecule is Cc1cccc(C(=O)N2CCCN(CC(=O)NC3CCCCC3C)CC2)c1. The summed E-state index contributed by atoms with van der Waals surface area (Å²) in [5, 5.41) is 3.24. The predicted molar refractivity (Wildman–Crippen MR) is 108 cm³/mol. The zero-order valence-electron chi connectivity index (χ0n) is 16.7. The fourth-order valence-corrected chi connectivity index (χ4v) is 4.28. The summed E-state index contributed by atoms with van der Waals surface area (Å²) < 4.78 is 0. The van der Waals surface area contributed by atoms with Crippen molar-refractivity contribution in [3.8, 4) is 0 Å². The van der Waals surface area contributed by atoms with Gasteiger partial charge in [0, 0.05) is 37.8 Å². The fraction of sp³-hybridized carbons (Fsp3) is 0.636. The Balaban J connectivity index is 1.49. The lowest BCUT2D eigenvalue weighted by atomic mass is 9.86. The lowest BCUT2D eigenvalue weighted by Crippen LogP contribution is -2.46. The topological polar surface area (TPSA) is 52.7 Å². The Morgan fingerprint density at radius 3 is 2.67 bits per heavy atom. The molecule has 1 saturated carbocycles. The zero-order valence-corrected chi connectivity index (χ0v) is 16.7. The van der Waals surface area contributed by atoms with Crippen molar-refractivity contribution in [1.29, 1.82) is 0 Å². The van der Waals surface area contributed by atoms with Crippen molar-refractivity contribution < 1.29 is 9.59 Å². The number of aryl methyl sites for hydroxylation is 1. The molecule has 0 aromatic heterocycles. The molecule has 5 nitrogen and oxygen atoms in total. The predicted octanol–water partition coefficient (Wildman–Crippen LogP) is 2.84. The molecule has 0 spiro atoms. The van der Waals surface area contributed by atoms with Crippen LogP contribution in [-0.4, -0.2) is 60.4 Å². The van der Waals surface area contributed by atoms with Crippen molar-refractivity contribution >= 4 is 11.8 Å². The van der Waals surface area contributed by atoms with Crippen LogP contribution < -0.4 is 5.32 Å². The maximum atomic E-state index is 12.8. The average molecular weight is 372 g/mol. The molecule has 1 aliphatic carbocycles. The first-order valence-electron chi connectivity index (χ1n) is 10.4. The van der Waals surface area contributed by atoms with Crippen LogP contribution in [0.3, 0.4) is 0 Å². The molecule has 148 valence electrons. The molecule has 27 heavy (non-hydrogen) atoms. The Morgan fingerprint density at radius 2 is 1.89 bits per heavy atom. The Bertz CT molecular complexity index is 661. The van der Waals surface area contributed by atoms with Crippen LogP contribution >= 0.6 is 0 Å². The molecule has 3 rings (SSSR count). The van der Waals surface area contributed by atoms with Gasteiger partial charge < -0.3 is 10.2 Å². The minimum atomic E-state index is 0.0982. The normalized spacial score (nSPS) is 24.3. The molecule has 1 saturated heterocycles. The quantitative estimate of drug-likeness (QED) is 0.885. The molecule has 2 amide bonds. The molecular weight excluding hydrogens is 338 g/mol. The summed E-state index contributed by atoms with van der Waals surface area (Å²) in [5.74, 6) is 0.808. The van der Waals surface area contributed by atoms with Gasteiger partial charge in [0.25, 0.3) is 5.91 Å².